The fourth-order valence-corrected chi connectivity index (χ4v) is 2.02. The summed E-state index contributed by atoms with van der Waals surface area (Å²) < 4.78 is 5.16. The van der Waals surface area contributed by atoms with E-state index in [0.29, 0.717) is 5.92 Å². The molecule has 2 atom stereocenters. The summed E-state index contributed by atoms with van der Waals surface area (Å²) in [5.74, 6) is 1.45. The lowest BCUT2D eigenvalue weighted by atomic mass is 9.83. The number of carbonyl (C=O) groups excluding carboxylic acids is 1. The zero-order valence-electron chi connectivity index (χ0n) is 8.27. The van der Waals surface area contributed by atoms with Gasteiger partial charge in [-0.1, -0.05) is 12.2 Å². The molecular formula is C12H14O2. The fourth-order valence-electron chi connectivity index (χ4n) is 2.02. The van der Waals surface area contributed by atoms with Crippen LogP contribution < -0.4 is 0 Å². The van der Waals surface area contributed by atoms with Crippen molar-refractivity contribution >= 4 is 5.78 Å². The Kier molecular flexibility index (Phi) is 2.53. The average Bonchev–Trinajstić information content (AvgIpc) is 2.40. The van der Waals surface area contributed by atoms with Crippen molar-refractivity contribution in [1.29, 1.82) is 0 Å². The van der Waals surface area contributed by atoms with Crippen LogP contribution in [0.3, 0.4) is 0 Å². The van der Waals surface area contributed by atoms with Gasteiger partial charge in [0.1, 0.15) is 5.76 Å². The minimum atomic E-state index is 0.0349. The van der Waals surface area contributed by atoms with Crippen LogP contribution in [0.15, 0.2) is 36.1 Å². The molecule has 0 spiro atoms. The van der Waals surface area contributed by atoms with Gasteiger partial charge in [-0.15, -0.1) is 0 Å². The van der Waals surface area contributed by atoms with Crippen LogP contribution in [0.25, 0.3) is 0 Å². The molecule has 0 bridgehead atoms. The molecule has 0 aromatic heterocycles. The Morgan fingerprint density at radius 2 is 2.29 bits per heavy atom. The zero-order chi connectivity index (χ0) is 9.97. The first kappa shape index (κ1) is 9.25. The molecule has 0 fully saturated rings. The van der Waals surface area contributed by atoms with Gasteiger partial charge in [0.2, 0.25) is 0 Å². The quantitative estimate of drug-likeness (QED) is 0.633. The van der Waals surface area contributed by atoms with Gasteiger partial charge in [-0.05, 0) is 37.0 Å². The maximum absolute atomic E-state index is 11.6. The first-order valence-electron chi connectivity index (χ1n) is 4.95. The van der Waals surface area contributed by atoms with Gasteiger partial charge in [0, 0.05) is 5.92 Å². The van der Waals surface area contributed by atoms with Crippen LogP contribution >= 0.6 is 0 Å². The zero-order valence-corrected chi connectivity index (χ0v) is 8.27. The van der Waals surface area contributed by atoms with Crippen LogP contribution in [-0.4, -0.2) is 12.9 Å². The molecule has 0 aromatic rings. The van der Waals surface area contributed by atoms with E-state index < -0.39 is 0 Å². The highest BCUT2D eigenvalue weighted by Gasteiger charge is 2.27. The topological polar surface area (TPSA) is 26.3 Å². The summed E-state index contributed by atoms with van der Waals surface area (Å²) >= 11 is 0. The van der Waals surface area contributed by atoms with Gasteiger partial charge in [0.25, 0.3) is 0 Å². The van der Waals surface area contributed by atoms with E-state index in [9.17, 15) is 4.79 Å². The predicted molar refractivity (Wildman–Crippen MR) is 54.6 cm³/mol. The van der Waals surface area contributed by atoms with Crippen molar-refractivity contribution in [2.45, 2.75) is 12.8 Å². The lowest BCUT2D eigenvalue weighted by molar-refractivity contribution is -0.117. The van der Waals surface area contributed by atoms with Crippen molar-refractivity contribution in [1.82, 2.24) is 0 Å². The third-order valence-electron chi connectivity index (χ3n) is 2.82. The number of allylic oxidation sites excluding steroid dienone is 5. The van der Waals surface area contributed by atoms with E-state index in [1.54, 1.807) is 13.2 Å². The summed E-state index contributed by atoms with van der Waals surface area (Å²) in [5, 5.41) is 0. The molecule has 2 rings (SSSR count). The molecular weight excluding hydrogens is 176 g/mol. The molecule has 0 aromatic carbocycles. The van der Waals surface area contributed by atoms with Crippen LogP contribution in [0.2, 0.25) is 0 Å². The van der Waals surface area contributed by atoms with Crippen LogP contribution in [0.4, 0.5) is 0 Å². The van der Waals surface area contributed by atoms with Crippen molar-refractivity contribution < 1.29 is 9.53 Å². The summed E-state index contributed by atoms with van der Waals surface area (Å²) in [6.07, 6.45) is 11.6. The molecule has 14 heavy (non-hydrogen) atoms. The molecule has 2 unspecified atom stereocenters. The van der Waals surface area contributed by atoms with Gasteiger partial charge >= 0.3 is 0 Å². The summed E-state index contributed by atoms with van der Waals surface area (Å²) in [7, 11) is 1.66. The van der Waals surface area contributed by atoms with Crippen LogP contribution in [0.5, 0.6) is 0 Å². The van der Waals surface area contributed by atoms with E-state index in [4.69, 9.17) is 4.74 Å². The van der Waals surface area contributed by atoms with Crippen LogP contribution in [0.1, 0.15) is 12.8 Å². The largest absolute Gasteiger partial charge is 0.497 e. The van der Waals surface area contributed by atoms with Crippen molar-refractivity contribution in [2.75, 3.05) is 7.11 Å². The lowest BCUT2D eigenvalue weighted by Crippen LogP contribution is -2.20. The van der Waals surface area contributed by atoms with Crippen molar-refractivity contribution in [2.24, 2.45) is 11.8 Å². The van der Waals surface area contributed by atoms with Gasteiger partial charge in [0.05, 0.1) is 7.11 Å². The van der Waals surface area contributed by atoms with Crippen LogP contribution in [0, 0.1) is 11.8 Å². The Hall–Kier alpha value is -1.31. The number of rotatable bonds is 1. The second kappa shape index (κ2) is 3.82. The van der Waals surface area contributed by atoms with E-state index in [1.807, 2.05) is 18.2 Å². The van der Waals surface area contributed by atoms with E-state index in [-0.39, 0.29) is 11.7 Å². The van der Waals surface area contributed by atoms with Crippen molar-refractivity contribution in [3.05, 3.63) is 36.1 Å². The Balaban J connectivity index is 2.23. The number of ether oxygens (including phenoxy) is 1. The van der Waals surface area contributed by atoms with E-state index in [1.165, 1.54) is 0 Å². The Bertz CT molecular complexity index is 323. The van der Waals surface area contributed by atoms with Gasteiger partial charge < -0.3 is 4.74 Å². The number of fused-ring (bicyclic) bond motifs is 1. The Morgan fingerprint density at radius 1 is 1.43 bits per heavy atom. The molecule has 0 radical (unpaired) electrons. The van der Waals surface area contributed by atoms with Gasteiger partial charge in [-0.25, -0.2) is 0 Å². The number of hydrogen-bond acceptors (Lipinski definition) is 2. The third-order valence-corrected chi connectivity index (χ3v) is 2.82. The molecule has 0 amide bonds. The minimum Gasteiger partial charge on any atom is -0.497 e. The molecule has 0 aliphatic heterocycles. The maximum atomic E-state index is 11.6. The van der Waals surface area contributed by atoms with Crippen molar-refractivity contribution in [3.8, 4) is 0 Å². The summed E-state index contributed by atoms with van der Waals surface area (Å²) in [6, 6.07) is 0. The molecule has 0 heterocycles. The average molecular weight is 190 g/mol. The molecule has 2 nitrogen and oxygen atoms in total. The van der Waals surface area contributed by atoms with Gasteiger partial charge in [-0.3, -0.25) is 4.79 Å². The maximum Gasteiger partial charge on any atom is 0.162 e. The van der Waals surface area contributed by atoms with Crippen LogP contribution in [-0.2, 0) is 9.53 Å². The Morgan fingerprint density at radius 3 is 3.07 bits per heavy atom. The molecule has 2 aliphatic carbocycles. The van der Waals surface area contributed by atoms with E-state index in [0.717, 1.165) is 18.6 Å². The smallest absolute Gasteiger partial charge is 0.162 e. The highest BCUT2D eigenvalue weighted by molar-refractivity contribution is 5.93. The molecule has 2 aliphatic rings. The summed E-state index contributed by atoms with van der Waals surface area (Å²) in [4.78, 5) is 11.6. The predicted octanol–water partition coefficient (Wildman–Crippen LogP) is 2.24. The molecule has 2 heteroatoms. The highest BCUT2D eigenvalue weighted by atomic mass is 16.5. The summed E-state index contributed by atoms with van der Waals surface area (Å²) in [6.45, 7) is 0. The van der Waals surface area contributed by atoms with E-state index in [2.05, 4.69) is 6.08 Å². The molecule has 0 N–H and O–H groups in total. The number of carbonyl (C=O) groups is 1. The molecule has 74 valence electrons. The second-order valence-electron chi connectivity index (χ2n) is 3.70. The van der Waals surface area contributed by atoms with Gasteiger partial charge in [-0.2, -0.15) is 0 Å². The summed E-state index contributed by atoms with van der Waals surface area (Å²) in [5.41, 5.74) is 0. The van der Waals surface area contributed by atoms with Gasteiger partial charge in [0.15, 0.2) is 5.78 Å². The lowest BCUT2D eigenvalue weighted by Gasteiger charge is -2.21. The fraction of sp³-hybridized carbons (Fsp3) is 0.417. The highest BCUT2D eigenvalue weighted by Crippen LogP contribution is 2.30. The standard InChI is InChI=1S/C12H14O2/c1-14-10-6-7-11-9(8-10)4-2-3-5-12(11)13/h3,5-9,11H,2,4H2,1H3. The normalized spacial score (nSPS) is 30.6. The SMILES string of the molecule is COC1=CC2CCC=CC(=O)C2C=C1. The minimum absolute atomic E-state index is 0.0349. The van der Waals surface area contributed by atoms with E-state index >= 15 is 0 Å². The second-order valence-corrected chi connectivity index (χ2v) is 3.70. The number of hydrogen-bond donors (Lipinski definition) is 0. The first-order chi connectivity index (χ1) is 6.81. The molecule has 0 saturated heterocycles. The van der Waals surface area contributed by atoms with Crippen molar-refractivity contribution in [3.63, 3.8) is 0 Å². The number of ketones is 1. The molecule has 0 saturated carbocycles. The first-order valence-corrected chi connectivity index (χ1v) is 4.95. The third kappa shape index (κ3) is 1.65. The number of methoxy groups -OCH3 is 1. The Labute approximate surface area is 83.9 Å². The monoisotopic (exact) mass is 190 g/mol.